The van der Waals surface area contributed by atoms with E-state index >= 15 is 0 Å². The van der Waals surface area contributed by atoms with Crippen LogP contribution in [-0.2, 0) is 6.42 Å². The molecule has 0 radical (unpaired) electrons. The zero-order chi connectivity index (χ0) is 13.0. The Morgan fingerprint density at radius 3 is 2.39 bits per heavy atom. The highest BCUT2D eigenvalue weighted by atomic mass is 79.9. The summed E-state index contributed by atoms with van der Waals surface area (Å²) in [5, 5.41) is 3.14. The van der Waals surface area contributed by atoms with Crippen LogP contribution in [0.1, 0.15) is 38.3 Å². The van der Waals surface area contributed by atoms with Crippen molar-refractivity contribution in [3.05, 3.63) is 10.2 Å². The van der Waals surface area contributed by atoms with Gasteiger partial charge in [-0.15, -0.1) is 0 Å². The van der Waals surface area contributed by atoms with E-state index in [1.807, 2.05) is 7.05 Å². The van der Waals surface area contributed by atoms with E-state index in [1.54, 1.807) is 0 Å². The smallest absolute Gasteiger partial charge is 0.227 e. The van der Waals surface area contributed by atoms with Gasteiger partial charge in [-0.05, 0) is 35.2 Å². The van der Waals surface area contributed by atoms with Crippen LogP contribution in [0.2, 0.25) is 0 Å². The normalized spacial score (nSPS) is 16.5. The molecule has 100 valence electrons. The Bertz CT molecular complexity index is 375. The lowest BCUT2D eigenvalue weighted by Crippen LogP contribution is -2.26. The van der Waals surface area contributed by atoms with Crippen molar-refractivity contribution in [3.63, 3.8) is 0 Å². The quantitative estimate of drug-likeness (QED) is 0.930. The first-order valence-electron chi connectivity index (χ1n) is 6.75. The highest BCUT2D eigenvalue weighted by Crippen LogP contribution is 2.27. The molecular formula is C13H21BrN4. The van der Waals surface area contributed by atoms with Crippen LogP contribution in [-0.4, -0.2) is 30.1 Å². The first kappa shape index (κ1) is 13.6. The lowest BCUT2D eigenvalue weighted by Gasteiger charge is -2.22. The van der Waals surface area contributed by atoms with Gasteiger partial charge in [-0.3, -0.25) is 0 Å². The molecule has 0 amide bonds. The van der Waals surface area contributed by atoms with Crippen molar-refractivity contribution in [1.82, 2.24) is 9.97 Å². The Morgan fingerprint density at radius 1 is 1.17 bits per heavy atom. The van der Waals surface area contributed by atoms with Gasteiger partial charge in [-0.1, -0.05) is 19.8 Å². The SMILES string of the molecule is CCc1nc(N2CCCCCC2)nc(NC)c1Br. The van der Waals surface area contributed by atoms with Gasteiger partial charge >= 0.3 is 0 Å². The van der Waals surface area contributed by atoms with E-state index in [2.05, 4.69) is 38.1 Å². The standard InChI is InChI=1S/C13H21BrN4/c1-3-10-11(14)12(15-2)17-13(16-10)18-8-6-4-5-7-9-18/h3-9H2,1-2H3,(H,15,16,17). The minimum absolute atomic E-state index is 0.876. The van der Waals surface area contributed by atoms with Crippen molar-refractivity contribution < 1.29 is 0 Å². The molecule has 0 spiro atoms. The van der Waals surface area contributed by atoms with E-state index in [4.69, 9.17) is 4.98 Å². The maximum Gasteiger partial charge on any atom is 0.227 e. The van der Waals surface area contributed by atoms with Crippen LogP contribution in [0.5, 0.6) is 0 Å². The molecule has 1 aromatic heterocycles. The zero-order valence-electron chi connectivity index (χ0n) is 11.2. The van der Waals surface area contributed by atoms with Gasteiger partial charge in [-0.2, -0.15) is 4.98 Å². The molecule has 4 nitrogen and oxygen atoms in total. The molecule has 18 heavy (non-hydrogen) atoms. The fourth-order valence-corrected chi connectivity index (χ4v) is 2.95. The van der Waals surface area contributed by atoms with E-state index in [0.29, 0.717) is 0 Å². The predicted octanol–water partition coefficient (Wildman–Crippen LogP) is 3.22. The summed E-state index contributed by atoms with van der Waals surface area (Å²) in [6.45, 7) is 4.28. The number of nitrogens with one attached hydrogen (secondary N) is 1. The highest BCUT2D eigenvalue weighted by molar-refractivity contribution is 9.10. The van der Waals surface area contributed by atoms with Gasteiger partial charge in [0.2, 0.25) is 5.95 Å². The van der Waals surface area contributed by atoms with Crippen LogP contribution in [0.3, 0.4) is 0 Å². The van der Waals surface area contributed by atoms with Crippen LogP contribution in [0.25, 0.3) is 0 Å². The first-order chi connectivity index (χ1) is 8.76. The Hall–Kier alpha value is -0.840. The molecule has 0 unspecified atom stereocenters. The van der Waals surface area contributed by atoms with Crippen molar-refractivity contribution in [2.75, 3.05) is 30.4 Å². The van der Waals surface area contributed by atoms with E-state index in [-0.39, 0.29) is 0 Å². The van der Waals surface area contributed by atoms with Gasteiger partial charge in [0.05, 0.1) is 10.2 Å². The summed E-state index contributed by atoms with van der Waals surface area (Å²) in [4.78, 5) is 11.6. The highest BCUT2D eigenvalue weighted by Gasteiger charge is 2.16. The van der Waals surface area contributed by atoms with Gasteiger partial charge in [0.25, 0.3) is 0 Å². The minimum Gasteiger partial charge on any atom is -0.372 e. The minimum atomic E-state index is 0.876. The summed E-state index contributed by atoms with van der Waals surface area (Å²) < 4.78 is 0.992. The maximum absolute atomic E-state index is 4.69. The summed E-state index contributed by atoms with van der Waals surface area (Å²) >= 11 is 3.57. The molecule has 1 aliphatic rings. The molecule has 0 aliphatic carbocycles. The van der Waals surface area contributed by atoms with Gasteiger partial charge in [0.15, 0.2) is 0 Å². The first-order valence-corrected chi connectivity index (χ1v) is 7.54. The number of hydrogen-bond donors (Lipinski definition) is 1. The van der Waals surface area contributed by atoms with Gasteiger partial charge in [0.1, 0.15) is 5.82 Å². The molecule has 0 aromatic carbocycles. The molecule has 0 saturated carbocycles. The molecule has 1 saturated heterocycles. The third kappa shape index (κ3) is 2.94. The lowest BCUT2D eigenvalue weighted by molar-refractivity contribution is 0.726. The molecule has 0 atom stereocenters. The summed E-state index contributed by atoms with van der Waals surface area (Å²) in [7, 11) is 1.90. The second kappa shape index (κ2) is 6.36. The molecule has 1 aromatic rings. The van der Waals surface area contributed by atoms with Crippen LogP contribution in [0.15, 0.2) is 4.47 Å². The second-order valence-electron chi connectivity index (χ2n) is 4.64. The van der Waals surface area contributed by atoms with Crippen LogP contribution < -0.4 is 10.2 Å². The number of anilines is 2. The molecule has 5 heteroatoms. The molecule has 2 heterocycles. The predicted molar refractivity (Wildman–Crippen MR) is 79.3 cm³/mol. The molecular weight excluding hydrogens is 292 g/mol. The van der Waals surface area contributed by atoms with E-state index < -0.39 is 0 Å². The summed E-state index contributed by atoms with van der Waals surface area (Å²) in [6.07, 6.45) is 6.06. The molecule has 1 aliphatic heterocycles. The van der Waals surface area contributed by atoms with Crippen molar-refractivity contribution in [2.45, 2.75) is 39.0 Å². The third-order valence-corrected chi connectivity index (χ3v) is 4.20. The van der Waals surface area contributed by atoms with Crippen LogP contribution >= 0.6 is 15.9 Å². The molecule has 2 rings (SSSR count). The Labute approximate surface area is 117 Å². The largest absolute Gasteiger partial charge is 0.372 e. The van der Waals surface area contributed by atoms with Crippen molar-refractivity contribution >= 4 is 27.7 Å². The van der Waals surface area contributed by atoms with Gasteiger partial charge < -0.3 is 10.2 Å². The fourth-order valence-electron chi connectivity index (χ4n) is 2.29. The summed E-state index contributed by atoms with van der Waals surface area (Å²) in [5.41, 5.74) is 1.08. The topological polar surface area (TPSA) is 41.1 Å². The number of aromatic nitrogens is 2. The molecule has 1 N–H and O–H groups in total. The Morgan fingerprint density at radius 2 is 1.83 bits per heavy atom. The fraction of sp³-hybridized carbons (Fsp3) is 0.692. The van der Waals surface area contributed by atoms with Crippen LogP contribution in [0.4, 0.5) is 11.8 Å². The van der Waals surface area contributed by atoms with E-state index in [9.17, 15) is 0 Å². The van der Waals surface area contributed by atoms with E-state index in [1.165, 1.54) is 25.7 Å². The summed E-state index contributed by atoms with van der Waals surface area (Å²) in [6, 6.07) is 0. The summed E-state index contributed by atoms with van der Waals surface area (Å²) in [5.74, 6) is 1.77. The van der Waals surface area contributed by atoms with E-state index in [0.717, 1.165) is 41.4 Å². The van der Waals surface area contributed by atoms with Crippen LogP contribution in [0, 0.1) is 0 Å². The number of aryl methyl sites for hydroxylation is 1. The molecule has 0 bridgehead atoms. The number of halogens is 1. The Balaban J connectivity index is 2.31. The average Bonchev–Trinajstić information content (AvgIpc) is 2.68. The number of rotatable bonds is 3. The monoisotopic (exact) mass is 312 g/mol. The number of nitrogens with zero attached hydrogens (tertiary/aromatic N) is 3. The van der Waals surface area contributed by atoms with Crippen molar-refractivity contribution in [2.24, 2.45) is 0 Å². The third-order valence-electron chi connectivity index (χ3n) is 3.37. The molecule has 1 fully saturated rings. The maximum atomic E-state index is 4.69. The average molecular weight is 313 g/mol. The second-order valence-corrected chi connectivity index (χ2v) is 5.43. The zero-order valence-corrected chi connectivity index (χ0v) is 12.8. The lowest BCUT2D eigenvalue weighted by atomic mass is 10.2. The Kier molecular flexibility index (Phi) is 4.80. The number of hydrogen-bond acceptors (Lipinski definition) is 4. The van der Waals surface area contributed by atoms with Gasteiger partial charge in [0, 0.05) is 20.1 Å². The van der Waals surface area contributed by atoms with Crippen molar-refractivity contribution in [3.8, 4) is 0 Å². The van der Waals surface area contributed by atoms with Crippen molar-refractivity contribution in [1.29, 1.82) is 0 Å². The van der Waals surface area contributed by atoms with Gasteiger partial charge in [-0.25, -0.2) is 4.98 Å².